The lowest BCUT2D eigenvalue weighted by molar-refractivity contribution is -0.115. The van der Waals surface area contributed by atoms with Gasteiger partial charge in [0.15, 0.2) is 0 Å². The molecule has 4 aromatic rings. The van der Waals surface area contributed by atoms with Crippen molar-refractivity contribution in [3.05, 3.63) is 98.9 Å². The monoisotopic (exact) mass is 503 g/mol. The molecule has 0 unspecified atom stereocenters. The Morgan fingerprint density at radius 1 is 0.944 bits per heavy atom. The first-order valence-corrected chi connectivity index (χ1v) is 12.3. The van der Waals surface area contributed by atoms with Crippen LogP contribution < -0.4 is 16.2 Å². The van der Waals surface area contributed by atoms with Gasteiger partial charge in [-0.3, -0.25) is 24.4 Å². The fourth-order valence-electron chi connectivity index (χ4n) is 3.40. The SMILES string of the molecule is O=C(Cc1ccccn1)Nc1ccn(CCCCc2nnc(C(=O)NCc3ccccn3)s2)c(=O)c1. The second-order valence-corrected chi connectivity index (χ2v) is 9.02. The molecule has 4 heterocycles. The van der Waals surface area contributed by atoms with E-state index < -0.39 is 0 Å². The van der Waals surface area contributed by atoms with Gasteiger partial charge in [0.05, 0.1) is 18.7 Å². The Morgan fingerprint density at radius 3 is 2.44 bits per heavy atom. The summed E-state index contributed by atoms with van der Waals surface area (Å²) in [5.41, 5.74) is 1.70. The predicted octanol–water partition coefficient (Wildman–Crippen LogP) is 2.62. The number of unbranched alkanes of at least 4 members (excludes halogenated alkanes) is 1. The number of hydrogen-bond donors (Lipinski definition) is 2. The van der Waals surface area contributed by atoms with Crippen LogP contribution in [0.25, 0.3) is 0 Å². The Bertz CT molecular complexity index is 1360. The number of aromatic nitrogens is 5. The van der Waals surface area contributed by atoms with Crippen LogP contribution in [-0.2, 0) is 30.7 Å². The van der Waals surface area contributed by atoms with Crippen LogP contribution in [0.1, 0.15) is 39.0 Å². The van der Waals surface area contributed by atoms with Crippen molar-refractivity contribution in [3.8, 4) is 0 Å². The Balaban J connectivity index is 1.19. The zero-order chi connectivity index (χ0) is 25.2. The molecule has 184 valence electrons. The first-order chi connectivity index (χ1) is 17.6. The summed E-state index contributed by atoms with van der Waals surface area (Å²) in [7, 11) is 0. The lowest BCUT2D eigenvalue weighted by Crippen LogP contribution is -2.23. The maximum atomic E-state index is 12.4. The lowest BCUT2D eigenvalue weighted by Gasteiger charge is -2.08. The van der Waals surface area contributed by atoms with Crippen molar-refractivity contribution in [2.24, 2.45) is 0 Å². The molecule has 36 heavy (non-hydrogen) atoms. The zero-order valence-corrected chi connectivity index (χ0v) is 20.3. The van der Waals surface area contributed by atoms with Crippen molar-refractivity contribution >= 4 is 28.8 Å². The third-order valence-electron chi connectivity index (χ3n) is 5.20. The number of carbonyl (C=O) groups is 2. The average Bonchev–Trinajstić information content (AvgIpc) is 3.36. The van der Waals surface area contributed by atoms with E-state index in [0.29, 0.717) is 35.9 Å². The summed E-state index contributed by atoms with van der Waals surface area (Å²) in [5, 5.41) is 14.7. The maximum Gasteiger partial charge on any atom is 0.282 e. The van der Waals surface area contributed by atoms with Gasteiger partial charge in [-0.05, 0) is 43.2 Å². The van der Waals surface area contributed by atoms with Crippen molar-refractivity contribution in [1.29, 1.82) is 0 Å². The number of aryl methyl sites for hydroxylation is 2. The van der Waals surface area contributed by atoms with Crippen molar-refractivity contribution in [1.82, 2.24) is 30.0 Å². The van der Waals surface area contributed by atoms with Crippen molar-refractivity contribution < 1.29 is 9.59 Å². The minimum atomic E-state index is -0.275. The smallest absolute Gasteiger partial charge is 0.282 e. The molecule has 0 spiro atoms. The second kappa shape index (κ2) is 12.5. The molecule has 0 aliphatic carbocycles. The first-order valence-electron chi connectivity index (χ1n) is 11.5. The predicted molar refractivity (Wildman–Crippen MR) is 136 cm³/mol. The van der Waals surface area contributed by atoms with E-state index in [-0.39, 0.29) is 23.8 Å². The minimum Gasteiger partial charge on any atom is -0.344 e. The van der Waals surface area contributed by atoms with E-state index in [9.17, 15) is 14.4 Å². The highest BCUT2D eigenvalue weighted by Gasteiger charge is 2.13. The molecule has 4 aromatic heterocycles. The molecule has 11 heteroatoms. The molecule has 4 rings (SSSR count). The van der Waals surface area contributed by atoms with Crippen LogP contribution in [0.5, 0.6) is 0 Å². The molecule has 0 aromatic carbocycles. The van der Waals surface area contributed by atoms with Gasteiger partial charge in [-0.25, -0.2) is 0 Å². The Kier molecular flexibility index (Phi) is 8.60. The topological polar surface area (TPSA) is 132 Å². The van der Waals surface area contributed by atoms with Gasteiger partial charge >= 0.3 is 0 Å². The molecule has 0 bridgehead atoms. The van der Waals surface area contributed by atoms with Crippen LogP contribution in [0.2, 0.25) is 0 Å². The van der Waals surface area contributed by atoms with Gasteiger partial charge in [-0.2, -0.15) is 0 Å². The molecule has 0 saturated heterocycles. The zero-order valence-electron chi connectivity index (χ0n) is 19.5. The highest BCUT2D eigenvalue weighted by atomic mass is 32.1. The largest absolute Gasteiger partial charge is 0.344 e. The standard InChI is InChI=1S/C25H25N7O3S/c33-21(15-18-7-1-4-11-26-18)29-19-10-14-32(23(34)16-19)13-6-3-9-22-30-31-25(36-22)24(35)28-17-20-8-2-5-12-27-20/h1-2,4-5,7-8,10-12,14,16H,3,6,9,13,15,17H2,(H,28,35)(H,29,33). The summed E-state index contributed by atoms with van der Waals surface area (Å²) in [6, 6.07) is 14.0. The third kappa shape index (κ3) is 7.37. The van der Waals surface area contributed by atoms with Crippen LogP contribution >= 0.6 is 11.3 Å². The van der Waals surface area contributed by atoms with Crippen molar-refractivity contribution in [3.63, 3.8) is 0 Å². The van der Waals surface area contributed by atoms with Crippen LogP contribution in [0.3, 0.4) is 0 Å². The molecule has 0 atom stereocenters. The molecule has 0 radical (unpaired) electrons. The maximum absolute atomic E-state index is 12.4. The van der Waals surface area contributed by atoms with E-state index in [1.54, 1.807) is 41.4 Å². The number of anilines is 1. The normalized spacial score (nSPS) is 10.7. The quantitative estimate of drug-likeness (QED) is 0.301. The second-order valence-electron chi connectivity index (χ2n) is 7.95. The van der Waals surface area contributed by atoms with E-state index in [4.69, 9.17) is 0 Å². The van der Waals surface area contributed by atoms with Gasteiger partial charge in [0, 0.05) is 49.0 Å². The van der Waals surface area contributed by atoms with Crippen LogP contribution in [0, 0.1) is 0 Å². The van der Waals surface area contributed by atoms with Crippen LogP contribution in [-0.4, -0.2) is 36.5 Å². The molecule has 10 nitrogen and oxygen atoms in total. The Morgan fingerprint density at radius 2 is 1.72 bits per heavy atom. The van der Waals surface area contributed by atoms with Crippen molar-refractivity contribution in [2.75, 3.05) is 5.32 Å². The number of carbonyl (C=O) groups excluding carboxylic acids is 2. The first kappa shape index (κ1) is 24.9. The molecule has 2 amide bonds. The lowest BCUT2D eigenvalue weighted by atomic mass is 10.2. The van der Waals surface area contributed by atoms with Gasteiger partial charge in [0.2, 0.25) is 10.9 Å². The van der Waals surface area contributed by atoms with E-state index in [1.807, 2.05) is 24.3 Å². The van der Waals surface area contributed by atoms with Crippen molar-refractivity contribution in [2.45, 2.75) is 38.8 Å². The van der Waals surface area contributed by atoms with Gasteiger partial charge in [-0.1, -0.05) is 23.5 Å². The van der Waals surface area contributed by atoms with Gasteiger partial charge in [0.25, 0.3) is 11.5 Å². The summed E-state index contributed by atoms with van der Waals surface area (Å²) < 4.78 is 1.60. The summed E-state index contributed by atoms with van der Waals surface area (Å²) in [4.78, 5) is 45.2. The molecular weight excluding hydrogens is 478 g/mol. The number of rotatable bonds is 11. The number of hydrogen-bond acceptors (Lipinski definition) is 8. The Labute approximate surface area is 211 Å². The summed E-state index contributed by atoms with van der Waals surface area (Å²) in [6.07, 6.45) is 7.34. The molecule has 0 saturated carbocycles. The molecule has 0 aliphatic heterocycles. The van der Waals surface area contributed by atoms with E-state index >= 15 is 0 Å². The van der Waals surface area contributed by atoms with Crippen LogP contribution in [0.15, 0.2) is 71.9 Å². The van der Waals surface area contributed by atoms with Gasteiger partial charge in [-0.15, -0.1) is 10.2 Å². The minimum absolute atomic E-state index is 0.142. The highest BCUT2D eigenvalue weighted by Crippen LogP contribution is 2.13. The highest BCUT2D eigenvalue weighted by molar-refractivity contribution is 7.13. The summed E-state index contributed by atoms with van der Waals surface area (Å²) >= 11 is 1.27. The number of nitrogens with zero attached hydrogens (tertiary/aromatic N) is 5. The molecular formula is C25H25N7O3S. The summed E-state index contributed by atoms with van der Waals surface area (Å²) in [6.45, 7) is 0.868. The van der Waals surface area contributed by atoms with Gasteiger partial charge < -0.3 is 15.2 Å². The summed E-state index contributed by atoms with van der Waals surface area (Å²) in [5.74, 6) is -0.504. The van der Waals surface area contributed by atoms with Gasteiger partial charge in [0.1, 0.15) is 5.01 Å². The Hall–Kier alpha value is -4.25. The third-order valence-corrected chi connectivity index (χ3v) is 6.19. The molecule has 0 aliphatic rings. The fraction of sp³-hybridized carbons (Fsp3) is 0.240. The number of nitrogens with one attached hydrogen (secondary N) is 2. The molecule has 2 N–H and O–H groups in total. The average molecular weight is 504 g/mol. The van der Waals surface area contributed by atoms with E-state index in [0.717, 1.165) is 23.5 Å². The fourth-order valence-corrected chi connectivity index (χ4v) is 4.19. The number of pyridine rings is 3. The van der Waals surface area contributed by atoms with E-state index in [2.05, 4.69) is 30.8 Å². The molecule has 0 fully saturated rings. The number of amides is 2. The van der Waals surface area contributed by atoms with E-state index in [1.165, 1.54) is 17.4 Å². The van der Waals surface area contributed by atoms with Crippen LogP contribution in [0.4, 0.5) is 5.69 Å².